The molecule has 0 aromatic carbocycles. The van der Waals surface area contributed by atoms with Gasteiger partial charge in [0, 0.05) is 12.8 Å². The largest absolute Gasteiger partial charge is 0.459 e. The highest BCUT2D eigenvalue weighted by molar-refractivity contribution is 5.66. The van der Waals surface area contributed by atoms with Gasteiger partial charge in [-0.15, -0.1) is 0 Å². The molecule has 2 saturated heterocycles. The van der Waals surface area contributed by atoms with E-state index < -0.39 is 0 Å². The van der Waals surface area contributed by atoms with Crippen molar-refractivity contribution in [1.29, 1.82) is 0 Å². The van der Waals surface area contributed by atoms with Crippen LogP contribution in [-0.2, 0) is 19.0 Å². The van der Waals surface area contributed by atoms with Crippen LogP contribution in [0.2, 0.25) is 0 Å². The van der Waals surface area contributed by atoms with Crippen LogP contribution in [0.4, 0.5) is 0 Å². The fourth-order valence-electron chi connectivity index (χ4n) is 4.30. The third-order valence-electron chi connectivity index (χ3n) is 6.34. The number of rotatable bonds is 2. The third kappa shape index (κ3) is 4.58. The molecule has 3 rings (SSSR count). The molecule has 4 nitrogen and oxygen atoms in total. The molecular weight excluding hydrogens is 328 g/mol. The van der Waals surface area contributed by atoms with Gasteiger partial charge in [0.2, 0.25) is 0 Å². The molecule has 0 N–H and O–H groups in total. The fourth-order valence-corrected chi connectivity index (χ4v) is 4.30. The summed E-state index contributed by atoms with van der Waals surface area (Å²) in [6.07, 6.45) is 10.6. The van der Waals surface area contributed by atoms with E-state index in [1.807, 2.05) is 0 Å². The summed E-state index contributed by atoms with van der Waals surface area (Å²) in [6.45, 7) is 10.9. The molecule has 0 aromatic rings. The number of carbonyl (C=O) groups excluding carboxylic acids is 1. The number of esters is 1. The van der Waals surface area contributed by atoms with E-state index >= 15 is 0 Å². The summed E-state index contributed by atoms with van der Waals surface area (Å²) in [5, 5.41) is 0. The second-order valence-electron chi connectivity index (χ2n) is 8.85. The van der Waals surface area contributed by atoms with Crippen molar-refractivity contribution in [1.82, 2.24) is 0 Å². The van der Waals surface area contributed by atoms with Crippen LogP contribution < -0.4 is 0 Å². The van der Waals surface area contributed by atoms with Crippen LogP contribution in [0, 0.1) is 5.92 Å². The van der Waals surface area contributed by atoms with E-state index in [1.54, 1.807) is 0 Å². The Bertz CT molecular complexity index is 601. The molecule has 0 amide bonds. The van der Waals surface area contributed by atoms with Crippen LogP contribution in [0.3, 0.4) is 0 Å². The Hall–Kier alpha value is -1.13. The average molecular weight is 363 g/mol. The zero-order valence-electron chi connectivity index (χ0n) is 17.0. The lowest BCUT2D eigenvalue weighted by Crippen LogP contribution is -2.41. The standard InChI is InChI=1S/C22H34O4/c1-15-8-6-9-16(2)11-12-18(22(5)14-24-22)19(25-17(3)23)20-21(4,26-20)13-7-10-15/h9-10,18-20H,6-8,11-14H2,1-5H3/b15-10?,16-9+. The Morgan fingerprint density at radius 3 is 2.42 bits per heavy atom. The predicted molar refractivity (Wildman–Crippen MR) is 102 cm³/mol. The highest BCUT2D eigenvalue weighted by atomic mass is 16.6. The van der Waals surface area contributed by atoms with Crippen molar-refractivity contribution in [2.75, 3.05) is 6.61 Å². The number of hydrogen-bond acceptors (Lipinski definition) is 4. The molecule has 0 aromatic heterocycles. The lowest BCUT2D eigenvalue weighted by atomic mass is 9.80. The Morgan fingerprint density at radius 2 is 1.77 bits per heavy atom. The molecule has 2 heterocycles. The second-order valence-corrected chi connectivity index (χ2v) is 8.85. The topological polar surface area (TPSA) is 51.4 Å². The molecular formula is C22H34O4. The molecule has 146 valence electrons. The minimum Gasteiger partial charge on any atom is -0.459 e. The molecule has 2 fully saturated rings. The quantitative estimate of drug-likeness (QED) is 0.405. The average Bonchev–Trinajstić information content (AvgIpc) is 3.44. The highest BCUT2D eigenvalue weighted by Gasteiger charge is 2.63. The molecule has 3 aliphatic rings. The molecule has 2 aliphatic heterocycles. The van der Waals surface area contributed by atoms with Crippen LogP contribution in [0.1, 0.15) is 73.1 Å². The Labute approximate surface area is 158 Å². The summed E-state index contributed by atoms with van der Waals surface area (Å²) in [7, 11) is 0. The van der Waals surface area contributed by atoms with E-state index in [0.717, 1.165) is 45.1 Å². The zero-order chi connectivity index (χ0) is 18.9. The smallest absolute Gasteiger partial charge is 0.303 e. The van der Waals surface area contributed by atoms with Crippen molar-refractivity contribution in [2.45, 2.75) is 96.6 Å². The molecule has 0 bridgehead atoms. The van der Waals surface area contributed by atoms with Gasteiger partial charge < -0.3 is 14.2 Å². The van der Waals surface area contributed by atoms with Gasteiger partial charge >= 0.3 is 5.97 Å². The van der Waals surface area contributed by atoms with Gasteiger partial charge in [0.1, 0.15) is 12.2 Å². The summed E-state index contributed by atoms with van der Waals surface area (Å²) in [5.74, 6) is -0.0620. The van der Waals surface area contributed by atoms with Crippen molar-refractivity contribution in [3.05, 3.63) is 23.3 Å². The molecule has 5 atom stereocenters. The highest BCUT2D eigenvalue weighted by Crippen LogP contribution is 2.50. The molecule has 0 radical (unpaired) electrons. The van der Waals surface area contributed by atoms with E-state index in [2.05, 4.69) is 39.8 Å². The Balaban J connectivity index is 1.84. The number of ether oxygens (including phenoxy) is 3. The van der Waals surface area contributed by atoms with Gasteiger partial charge in [0.25, 0.3) is 0 Å². The van der Waals surface area contributed by atoms with Crippen molar-refractivity contribution < 1.29 is 19.0 Å². The van der Waals surface area contributed by atoms with Gasteiger partial charge in [-0.05, 0) is 66.2 Å². The fraction of sp³-hybridized carbons (Fsp3) is 0.773. The summed E-state index contributed by atoms with van der Waals surface area (Å²) in [5.41, 5.74) is 2.46. The third-order valence-corrected chi connectivity index (χ3v) is 6.34. The van der Waals surface area contributed by atoms with Crippen molar-refractivity contribution in [3.8, 4) is 0 Å². The molecule has 4 heteroatoms. The maximum Gasteiger partial charge on any atom is 0.303 e. The van der Waals surface area contributed by atoms with Gasteiger partial charge in [0.05, 0.1) is 17.8 Å². The van der Waals surface area contributed by atoms with E-state index in [1.165, 1.54) is 18.1 Å². The Kier molecular flexibility index (Phi) is 5.64. The van der Waals surface area contributed by atoms with E-state index in [-0.39, 0.29) is 35.3 Å². The van der Waals surface area contributed by atoms with E-state index in [9.17, 15) is 4.79 Å². The minimum absolute atomic E-state index is 0.0293. The molecule has 26 heavy (non-hydrogen) atoms. The minimum atomic E-state index is -0.231. The zero-order valence-corrected chi connectivity index (χ0v) is 17.0. The maximum absolute atomic E-state index is 11.8. The number of hydrogen-bond donors (Lipinski definition) is 0. The summed E-state index contributed by atoms with van der Waals surface area (Å²) < 4.78 is 17.7. The summed E-state index contributed by atoms with van der Waals surface area (Å²) in [4.78, 5) is 11.8. The second kappa shape index (κ2) is 7.47. The molecule has 0 saturated carbocycles. The van der Waals surface area contributed by atoms with Crippen LogP contribution in [0.5, 0.6) is 0 Å². The normalized spacial score (nSPS) is 43.2. The molecule has 5 unspecified atom stereocenters. The summed E-state index contributed by atoms with van der Waals surface area (Å²) >= 11 is 0. The van der Waals surface area contributed by atoms with Crippen LogP contribution in [-0.4, -0.2) is 36.0 Å². The van der Waals surface area contributed by atoms with Crippen LogP contribution in [0.25, 0.3) is 0 Å². The predicted octanol–water partition coefficient (Wildman–Crippen LogP) is 4.73. The number of epoxide rings is 2. The van der Waals surface area contributed by atoms with Gasteiger partial charge in [-0.1, -0.05) is 23.3 Å². The lowest BCUT2D eigenvalue weighted by molar-refractivity contribution is -0.152. The molecule has 1 aliphatic carbocycles. The first-order chi connectivity index (χ1) is 12.2. The molecule has 0 spiro atoms. The van der Waals surface area contributed by atoms with E-state index in [4.69, 9.17) is 14.2 Å². The SMILES string of the molecule is CC(=O)OC1C(C2(C)CO2)CC/C(C)=C/CCC(C)=CCCC2(C)OC12. The Morgan fingerprint density at radius 1 is 1.12 bits per heavy atom. The van der Waals surface area contributed by atoms with Gasteiger partial charge in [0.15, 0.2) is 0 Å². The maximum atomic E-state index is 11.8. The first-order valence-corrected chi connectivity index (χ1v) is 10.0. The monoisotopic (exact) mass is 362 g/mol. The van der Waals surface area contributed by atoms with Crippen LogP contribution in [0.15, 0.2) is 23.3 Å². The number of fused-ring (bicyclic) bond motifs is 1. The van der Waals surface area contributed by atoms with Crippen LogP contribution >= 0.6 is 0 Å². The van der Waals surface area contributed by atoms with Gasteiger partial charge in [-0.25, -0.2) is 0 Å². The number of carbonyl (C=O) groups is 1. The summed E-state index contributed by atoms with van der Waals surface area (Å²) in [6, 6.07) is 0. The first-order valence-electron chi connectivity index (χ1n) is 10.0. The number of allylic oxidation sites excluding steroid dienone is 4. The van der Waals surface area contributed by atoms with E-state index in [0.29, 0.717) is 0 Å². The van der Waals surface area contributed by atoms with Gasteiger partial charge in [-0.2, -0.15) is 0 Å². The first kappa shape index (κ1) is 19.6. The van der Waals surface area contributed by atoms with Crippen molar-refractivity contribution >= 4 is 5.97 Å². The van der Waals surface area contributed by atoms with Crippen molar-refractivity contribution in [2.24, 2.45) is 5.92 Å². The van der Waals surface area contributed by atoms with Crippen molar-refractivity contribution in [3.63, 3.8) is 0 Å². The van der Waals surface area contributed by atoms with Gasteiger partial charge in [-0.3, -0.25) is 4.79 Å². The lowest BCUT2D eigenvalue weighted by Gasteiger charge is -2.30.